The van der Waals surface area contributed by atoms with Gasteiger partial charge in [0.2, 0.25) is 11.8 Å². The number of ketones is 1. The second-order valence-electron chi connectivity index (χ2n) is 5.39. The third kappa shape index (κ3) is 2.45. The zero-order valence-corrected chi connectivity index (χ0v) is 11.1. The molecule has 1 aromatic rings. The van der Waals surface area contributed by atoms with Gasteiger partial charge < -0.3 is 0 Å². The minimum Gasteiger partial charge on any atom is -0.292 e. The summed E-state index contributed by atoms with van der Waals surface area (Å²) in [6, 6.07) is 2.54. The molecule has 0 N–H and O–H groups in total. The summed E-state index contributed by atoms with van der Waals surface area (Å²) in [5.41, 5.74) is -1.18. The van der Waals surface area contributed by atoms with Crippen molar-refractivity contribution in [2.45, 2.75) is 20.3 Å². The fraction of sp³-hybridized carbons (Fsp3) is 0.357. The third-order valence-electron chi connectivity index (χ3n) is 3.25. The molecular weight excluding hydrogens is 268 g/mol. The van der Waals surface area contributed by atoms with Crippen LogP contribution in [0.15, 0.2) is 18.2 Å². The number of amides is 2. The minimum atomic E-state index is -1.01. The number of imide groups is 1. The molecule has 1 heterocycles. The van der Waals surface area contributed by atoms with Gasteiger partial charge in [-0.1, -0.05) is 13.8 Å². The van der Waals surface area contributed by atoms with Crippen LogP contribution in [-0.4, -0.2) is 29.0 Å². The molecule has 0 aromatic heterocycles. The summed E-state index contributed by atoms with van der Waals surface area (Å²) in [5.74, 6) is -3.46. The molecule has 0 spiro atoms. The normalized spacial score (nSPS) is 17.7. The highest BCUT2D eigenvalue weighted by atomic mass is 19.1. The van der Waals surface area contributed by atoms with Gasteiger partial charge in [-0.3, -0.25) is 19.3 Å². The predicted octanol–water partition coefficient (Wildman–Crippen LogP) is 1.93. The van der Waals surface area contributed by atoms with Crippen molar-refractivity contribution >= 4 is 17.6 Å². The minimum absolute atomic E-state index is 0.0189. The summed E-state index contributed by atoms with van der Waals surface area (Å²) in [7, 11) is 0. The SMILES string of the molecule is CC1(C)CC(=O)N(CC(=O)c2ccc(F)cc2F)C1=O. The second kappa shape index (κ2) is 4.77. The van der Waals surface area contributed by atoms with Crippen molar-refractivity contribution in [3.8, 4) is 0 Å². The van der Waals surface area contributed by atoms with Gasteiger partial charge in [-0.2, -0.15) is 0 Å². The van der Waals surface area contributed by atoms with Crippen molar-refractivity contribution in [2.75, 3.05) is 6.54 Å². The maximum atomic E-state index is 13.5. The van der Waals surface area contributed by atoms with Gasteiger partial charge in [-0.15, -0.1) is 0 Å². The summed E-state index contributed by atoms with van der Waals surface area (Å²) < 4.78 is 26.2. The first-order valence-corrected chi connectivity index (χ1v) is 6.05. The second-order valence-corrected chi connectivity index (χ2v) is 5.39. The number of carbonyl (C=O) groups excluding carboxylic acids is 3. The molecule has 0 bridgehead atoms. The van der Waals surface area contributed by atoms with Crippen molar-refractivity contribution in [3.05, 3.63) is 35.4 Å². The lowest BCUT2D eigenvalue weighted by atomic mass is 9.92. The molecule has 4 nitrogen and oxygen atoms in total. The molecule has 0 unspecified atom stereocenters. The van der Waals surface area contributed by atoms with Gasteiger partial charge in [-0.25, -0.2) is 8.78 Å². The highest BCUT2D eigenvalue weighted by Crippen LogP contribution is 2.31. The van der Waals surface area contributed by atoms with Gasteiger partial charge >= 0.3 is 0 Å². The monoisotopic (exact) mass is 281 g/mol. The Kier molecular flexibility index (Phi) is 3.41. The summed E-state index contributed by atoms with van der Waals surface area (Å²) in [6.45, 7) is 2.69. The van der Waals surface area contributed by atoms with Crippen LogP contribution in [0.4, 0.5) is 8.78 Å². The Balaban J connectivity index is 2.20. The number of carbonyl (C=O) groups is 3. The van der Waals surface area contributed by atoms with E-state index in [-0.39, 0.29) is 12.0 Å². The summed E-state index contributed by atoms with van der Waals surface area (Å²) in [6.07, 6.45) is 0.0189. The van der Waals surface area contributed by atoms with E-state index in [2.05, 4.69) is 0 Å². The molecule has 6 heteroatoms. The van der Waals surface area contributed by atoms with E-state index in [0.29, 0.717) is 6.07 Å². The number of nitrogens with zero attached hydrogens (tertiary/aromatic N) is 1. The number of benzene rings is 1. The Morgan fingerprint density at radius 2 is 1.95 bits per heavy atom. The molecule has 1 aliphatic rings. The lowest BCUT2D eigenvalue weighted by molar-refractivity contribution is -0.140. The Morgan fingerprint density at radius 3 is 2.45 bits per heavy atom. The molecule has 1 aromatic carbocycles. The van der Waals surface area contributed by atoms with E-state index in [1.165, 1.54) is 0 Å². The molecule has 2 amide bonds. The zero-order chi connectivity index (χ0) is 15.1. The van der Waals surface area contributed by atoms with E-state index in [1.54, 1.807) is 13.8 Å². The molecule has 0 aliphatic carbocycles. The Bertz CT molecular complexity index is 610. The maximum Gasteiger partial charge on any atom is 0.235 e. The number of likely N-dealkylation sites (tertiary alicyclic amines) is 1. The molecule has 1 saturated heterocycles. The number of halogens is 2. The molecule has 106 valence electrons. The van der Waals surface area contributed by atoms with Gasteiger partial charge in [-0.05, 0) is 12.1 Å². The molecular formula is C14H13F2NO3. The first-order chi connectivity index (χ1) is 9.22. The van der Waals surface area contributed by atoms with E-state index in [9.17, 15) is 23.2 Å². The van der Waals surface area contributed by atoms with Crippen LogP contribution in [-0.2, 0) is 9.59 Å². The van der Waals surface area contributed by atoms with Crippen LogP contribution in [0.2, 0.25) is 0 Å². The Morgan fingerprint density at radius 1 is 1.30 bits per heavy atom. The molecule has 20 heavy (non-hydrogen) atoms. The van der Waals surface area contributed by atoms with Crippen LogP contribution in [0.3, 0.4) is 0 Å². The van der Waals surface area contributed by atoms with E-state index >= 15 is 0 Å². The maximum absolute atomic E-state index is 13.5. The zero-order valence-electron chi connectivity index (χ0n) is 11.1. The van der Waals surface area contributed by atoms with Crippen molar-refractivity contribution in [1.29, 1.82) is 0 Å². The van der Waals surface area contributed by atoms with Crippen LogP contribution < -0.4 is 0 Å². The highest BCUT2D eigenvalue weighted by molar-refractivity contribution is 6.10. The average Bonchev–Trinajstić information content (AvgIpc) is 2.51. The van der Waals surface area contributed by atoms with Gasteiger partial charge in [0, 0.05) is 12.5 Å². The fourth-order valence-corrected chi connectivity index (χ4v) is 2.13. The molecule has 1 fully saturated rings. The van der Waals surface area contributed by atoms with E-state index in [4.69, 9.17) is 0 Å². The van der Waals surface area contributed by atoms with E-state index < -0.39 is 41.2 Å². The van der Waals surface area contributed by atoms with Crippen LogP contribution >= 0.6 is 0 Å². The van der Waals surface area contributed by atoms with Crippen molar-refractivity contribution in [3.63, 3.8) is 0 Å². The Hall–Kier alpha value is -2.11. The first kappa shape index (κ1) is 14.3. The quantitative estimate of drug-likeness (QED) is 0.628. The van der Waals surface area contributed by atoms with Crippen LogP contribution in [0.25, 0.3) is 0 Å². The highest BCUT2D eigenvalue weighted by Gasteiger charge is 2.45. The smallest absolute Gasteiger partial charge is 0.235 e. The average molecular weight is 281 g/mol. The standard InChI is InChI=1S/C14H13F2NO3/c1-14(2)6-12(19)17(13(14)20)7-11(18)9-4-3-8(15)5-10(9)16/h3-5H,6-7H2,1-2H3. The molecule has 1 aliphatic heterocycles. The molecule has 0 radical (unpaired) electrons. The summed E-state index contributed by atoms with van der Waals surface area (Å²) in [5, 5.41) is 0. The lowest BCUT2D eigenvalue weighted by Crippen LogP contribution is -2.37. The first-order valence-electron chi connectivity index (χ1n) is 6.05. The van der Waals surface area contributed by atoms with Crippen molar-refractivity contribution < 1.29 is 23.2 Å². The van der Waals surface area contributed by atoms with Crippen LogP contribution in [0.1, 0.15) is 30.6 Å². The number of hydrogen-bond acceptors (Lipinski definition) is 3. The number of Topliss-reactive ketones (excluding diaryl/α,β-unsaturated/α-hetero) is 1. The van der Waals surface area contributed by atoms with Gasteiger partial charge in [0.05, 0.1) is 17.5 Å². The largest absolute Gasteiger partial charge is 0.292 e. The van der Waals surface area contributed by atoms with Gasteiger partial charge in [0.25, 0.3) is 0 Å². The summed E-state index contributed by atoms with van der Waals surface area (Å²) >= 11 is 0. The molecule has 0 saturated carbocycles. The number of rotatable bonds is 3. The molecule has 0 atom stereocenters. The topological polar surface area (TPSA) is 54.5 Å². The van der Waals surface area contributed by atoms with Crippen molar-refractivity contribution in [2.24, 2.45) is 5.41 Å². The predicted molar refractivity (Wildman–Crippen MR) is 65.8 cm³/mol. The van der Waals surface area contributed by atoms with Gasteiger partial charge in [0.15, 0.2) is 5.78 Å². The molecule has 2 rings (SSSR count). The van der Waals surface area contributed by atoms with Crippen LogP contribution in [0, 0.1) is 17.0 Å². The van der Waals surface area contributed by atoms with E-state index in [0.717, 1.165) is 17.0 Å². The van der Waals surface area contributed by atoms with E-state index in [1.807, 2.05) is 0 Å². The van der Waals surface area contributed by atoms with Crippen molar-refractivity contribution in [1.82, 2.24) is 4.90 Å². The summed E-state index contributed by atoms with van der Waals surface area (Å²) in [4.78, 5) is 36.4. The van der Waals surface area contributed by atoms with Gasteiger partial charge in [0.1, 0.15) is 11.6 Å². The Labute approximate surface area is 114 Å². The fourth-order valence-electron chi connectivity index (χ4n) is 2.13. The third-order valence-corrected chi connectivity index (χ3v) is 3.25. The lowest BCUT2D eigenvalue weighted by Gasteiger charge is -2.17. The number of hydrogen-bond donors (Lipinski definition) is 0. The van der Waals surface area contributed by atoms with Crippen LogP contribution in [0.5, 0.6) is 0 Å².